The van der Waals surface area contributed by atoms with Crippen molar-refractivity contribution in [2.45, 2.75) is 123 Å². The number of ether oxygens (including phenoxy) is 2. The van der Waals surface area contributed by atoms with Crippen molar-refractivity contribution in [1.29, 1.82) is 0 Å². The summed E-state index contributed by atoms with van der Waals surface area (Å²) < 4.78 is 18.9. The van der Waals surface area contributed by atoms with Gasteiger partial charge in [-0.3, -0.25) is 4.79 Å². The first-order chi connectivity index (χ1) is 18.7. The number of aromatic hydroxyl groups is 1. The highest BCUT2D eigenvalue weighted by Gasteiger charge is 2.48. The third-order valence-electron chi connectivity index (χ3n) is 9.13. The Morgan fingerprint density at radius 3 is 2.55 bits per heavy atom. The number of nitrogens with one attached hydrogen (secondary N) is 1. The first-order valence-corrected chi connectivity index (χ1v) is 18.0. The molecule has 1 aromatic rings. The van der Waals surface area contributed by atoms with Gasteiger partial charge in [-0.1, -0.05) is 64.3 Å². The molecule has 0 aromatic heterocycles. The van der Waals surface area contributed by atoms with Crippen LogP contribution in [0.15, 0.2) is 35.9 Å². The second-order valence-electron chi connectivity index (χ2n) is 13.5. The molecule has 1 saturated heterocycles. The lowest BCUT2D eigenvalue weighted by Crippen LogP contribution is -2.64. The molecule has 1 aromatic carbocycles. The number of amides is 1. The maximum absolute atomic E-state index is 12.5. The largest absolute Gasteiger partial charge is 0.507 e. The van der Waals surface area contributed by atoms with Crippen molar-refractivity contribution in [3.8, 4) is 11.5 Å². The zero-order valence-electron chi connectivity index (χ0n) is 26.4. The minimum atomic E-state index is -2.04. The van der Waals surface area contributed by atoms with Crippen molar-refractivity contribution in [2.75, 3.05) is 6.79 Å². The zero-order chi connectivity index (χ0) is 29.8. The number of rotatable bonds is 13. The van der Waals surface area contributed by atoms with E-state index in [2.05, 4.69) is 78.7 Å². The normalized spacial score (nSPS) is 24.1. The molecule has 5 atom stereocenters. The van der Waals surface area contributed by atoms with Crippen LogP contribution in [0.3, 0.4) is 0 Å². The molecular weight excluding hydrogens is 518 g/mol. The van der Waals surface area contributed by atoms with E-state index in [1.165, 1.54) is 5.57 Å². The van der Waals surface area contributed by atoms with Crippen LogP contribution in [0.5, 0.6) is 11.5 Å². The number of unbranched alkanes of at least 4 members (excludes halogenated alkanes) is 2. The average Bonchev–Trinajstić information content (AvgIpc) is 2.82. The van der Waals surface area contributed by atoms with Crippen LogP contribution in [0.2, 0.25) is 18.1 Å². The first-order valence-electron chi connectivity index (χ1n) is 15.1. The minimum absolute atomic E-state index is 0.0138. The summed E-state index contributed by atoms with van der Waals surface area (Å²) in [5.74, 6) is 0.675. The van der Waals surface area contributed by atoms with E-state index in [9.17, 15) is 9.90 Å². The highest BCUT2D eigenvalue weighted by molar-refractivity contribution is 6.74. The number of phenols is 1. The molecule has 7 heteroatoms. The quantitative estimate of drug-likeness (QED) is 0.0825. The van der Waals surface area contributed by atoms with Gasteiger partial charge in [0.2, 0.25) is 5.91 Å². The SMILES string of the molecule is C=C(C)[C@@H]1CCC(C)=C[C@H]1c1c(O)cc(CCCCC)cc1OCOC1NC(=O)[C@@H]1[C@@H](C)O[Si](C)(C)C(C)(C)C. The Labute approximate surface area is 243 Å². The summed E-state index contributed by atoms with van der Waals surface area (Å²) in [5, 5.41) is 14.2. The summed E-state index contributed by atoms with van der Waals surface area (Å²) >= 11 is 0. The van der Waals surface area contributed by atoms with E-state index in [1.54, 1.807) is 0 Å². The number of carbonyl (C=O) groups excluding carboxylic acids is 1. The van der Waals surface area contributed by atoms with Gasteiger partial charge in [-0.15, -0.1) is 0 Å². The molecule has 1 fully saturated rings. The lowest BCUT2D eigenvalue weighted by atomic mass is 9.73. The second kappa shape index (κ2) is 13.3. The molecule has 1 aliphatic carbocycles. The zero-order valence-corrected chi connectivity index (χ0v) is 27.4. The molecule has 3 rings (SSSR count). The molecule has 6 nitrogen and oxygen atoms in total. The van der Waals surface area contributed by atoms with E-state index in [4.69, 9.17) is 13.9 Å². The Morgan fingerprint density at radius 2 is 1.95 bits per heavy atom. The molecule has 1 aliphatic heterocycles. The van der Waals surface area contributed by atoms with Crippen molar-refractivity contribution < 1.29 is 23.8 Å². The van der Waals surface area contributed by atoms with E-state index < -0.39 is 14.5 Å². The molecule has 40 heavy (non-hydrogen) atoms. The number of allylic oxidation sites excluding steroid dienone is 3. The number of hydrogen-bond donors (Lipinski definition) is 2. The molecule has 0 spiro atoms. The monoisotopic (exact) mass is 571 g/mol. The van der Waals surface area contributed by atoms with Gasteiger partial charge in [0, 0.05) is 11.5 Å². The van der Waals surface area contributed by atoms with Crippen molar-refractivity contribution in [2.24, 2.45) is 11.8 Å². The fraction of sp³-hybridized carbons (Fsp3) is 0.667. The number of phenolic OH excluding ortho intramolecular Hbond substituents is 1. The van der Waals surface area contributed by atoms with Crippen LogP contribution in [0.4, 0.5) is 0 Å². The van der Waals surface area contributed by atoms with E-state index >= 15 is 0 Å². The summed E-state index contributed by atoms with van der Waals surface area (Å²) in [5.41, 5.74) is 4.27. The van der Waals surface area contributed by atoms with Gasteiger partial charge in [-0.2, -0.15) is 0 Å². The Kier molecular flexibility index (Phi) is 10.7. The highest BCUT2D eigenvalue weighted by atomic mass is 28.4. The summed E-state index contributed by atoms with van der Waals surface area (Å²) in [4.78, 5) is 12.5. The molecule has 224 valence electrons. The predicted molar refractivity (Wildman–Crippen MR) is 165 cm³/mol. The lowest BCUT2D eigenvalue weighted by Gasteiger charge is -2.44. The maximum Gasteiger partial charge on any atom is 0.232 e. The van der Waals surface area contributed by atoms with Crippen LogP contribution in [-0.2, 0) is 20.4 Å². The molecule has 1 unspecified atom stereocenters. The Balaban J connectivity index is 1.80. The van der Waals surface area contributed by atoms with Gasteiger partial charge >= 0.3 is 0 Å². The fourth-order valence-corrected chi connectivity index (χ4v) is 7.04. The van der Waals surface area contributed by atoms with Crippen LogP contribution < -0.4 is 10.1 Å². The van der Waals surface area contributed by atoms with Crippen LogP contribution in [0, 0.1) is 11.8 Å². The average molecular weight is 572 g/mol. The Morgan fingerprint density at radius 1 is 1.25 bits per heavy atom. The van der Waals surface area contributed by atoms with Crippen LogP contribution in [-0.4, -0.2) is 38.5 Å². The van der Waals surface area contributed by atoms with Crippen LogP contribution in [0.25, 0.3) is 0 Å². The highest BCUT2D eigenvalue weighted by Crippen LogP contribution is 2.47. The van der Waals surface area contributed by atoms with Gasteiger partial charge in [-0.25, -0.2) is 0 Å². The Bertz CT molecular complexity index is 1090. The van der Waals surface area contributed by atoms with E-state index in [1.807, 2.05) is 13.0 Å². The maximum atomic E-state index is 12.5. The number of aryl methyl sites for hydroxylation is 1. The van der Waals surface area contributed by atoms with E-state index in [0.29, 0.717) is 5.75 Å². The molecule has 0 saturated carbocycles. The number of hydrogen-bond acceptors (Lipinski definition) is 5. The van der Waals surface area contributed by atoms with Crippen LogP contribution >= 0.6 is 0 Å². The summed E-state index contributed by atoms with van der Waals surface area (Å²) in [6.07, 6.45) is 7.77. The molecule has 2 N–H and O–H groups in total. The predicted octanol–water partition coefficient (Wildman–Crippen LogP) is 7.98. The third kappa shape index (κ3) is 7.59. The number of carbonyl (C=O) groups is 1. The van der Waals surface area contributed by atoms with E-state index in [0.717, 1.165) is 55.2 Å². The standard InChI is InChI=1S/C33H53NO5Si/c1-11-12-13-14-24-18-27(35)30(26-17-22(4)15-16-25(26)21(2)3)28(19-24)37-20-38-32-29(31(36)34-32)23(5)39-40(9,10)33(6,7)8/h17-19,23,25-26,29,32,35H,2,11-16,20H2,1,3-10H3,(H,34,36)/t23-,25+,26-,29+,32?/m1/s1. The van der Waals surface area contributed by atoms with Gasteiger partial charge in [0.05, 0.1) is 6.10 Å². The minimum Gasteiger partial charge on any atom is -0.507 e. The molecule has 1 amide bonds. The number of β-lactam (4-membered cyclic amide) rings is 1. The third-order valence-corrected chi connectivity index (χ3v) is 13.7. The lowest BCUT2D eigenvalue weighted by molar-refractivity contribution is -0.171. The summed E-state index contributed by atoms with van der Waals surface area (Å²) in [7, 11) is -2.04. The molecular formula is C33H53NO5Si. The van der Waals surface area contributed by atoms with Gasteiger partial charge < -0.3 is 24.3 Å². The Hall–Kier alpha value is -2.09. The smallest absolute Gasteiger partial charge is 0.232 e. The first kappa shape index (κ1) is 32.4. The fourth-order valence-electron chi connectivity index (χ4n) is 5.61. The molecule has 0 bridgehead atoms. The topological polar surface area (TPSA) is 77.0 Å². The molecule has 2 aliphatic rings. The number of benzene rings is 1. The molecule has 1 heterocycles. The van der Waals surface area contributed by atoms with Crippen molar-refractivity contribution in [3.63, 3.8) is 0 Å². The van der Waals surface area contributed by atoms with Gasteiger partial charge in [0.15, 0.2) is 15.1 Å². The van der Waals surface area contributed by atoms with E-state index in [-0.39, 0.29) is 47.3 Å². The molecule has 0 radical (unpaired) electrons. The van der Waals surface area contributed by atoms with Gasteiger partial charge in [0.1, 0.15) is 23.6 Å². The van der Waals surface area contributed by atoms with Crippen molar-refractivity contribution in [1.82, 2.24) is 5.32 Å². The van der Waals surface area contributed by atoms with Gasteiger partial charge in [0.25, 0.3) is 0 Å². The summed E-state index contributed by atoms with van der Waals surface area (Å²) in [6, 6.07) is 3.95. The summed E-state index contributed by atoms with van der Waals surface area (Å²) in [6.45, 7) is 23.6. The second-order valence-corrected chi connectivity index (χ2v) is 18.2. The van der Waals surface area contributed by atoms with Gasteiger partial charge in [-0.05, 0) is 88.2 Å². The van der Waals surface area contributed by atoms with Crippen molar-refractivity contribution >= 4 is 14.2 Å². The van der Waals surface area contributed by atoms with Crippen LogP contribution in [0.1, 0.15) is 97.6 Å². The van der Waals surface area contributed by atoms with Crippen molar-refractivity contribution in [3.05, 3.63) is 47.1 Å².